The normalized spacial score (nSPS) is 9.94. The van der Waals surface area contributed by atoms with Crippen LogP contribution in [0.25, 0.3) is 11.3 Å². The molecule has 0 saturated carbocycles. The molecule has 94 valence electrons. The summed E-state index contributed by atoms with van der Waals surface area (Å²) in [4.78, 5) is 4.34. The molecule has 0 N–H and O–H groups in total. The Morgan fingerprint density at radius 3 is 2.33 bits per heavy atom. The van der Waals surface area contributed by atoms with Gasteiger partial charge in [0.25, 0.3) is 0 Å². The molecule has 0 unspecified atom stereocenters. The Balaban J connectivity index is 2.60. The van der Waals surface area contributed by atoms with Gasteiger partial charge in [-0.15, -0.1) is 0 Å². The largest absolute Gasteiger partial charge is 0.497 e. The maximum absolute atomic E-state index is 5.35. The van der Waals surface area contributed by atoms with Crippen molar-refractivity contribution >= 4 is 0 Å². The number of hydrogen-bond acceptors (Lipinski definition) is 4. The maximum atomic E-state index is 5.35. The first-order valence-electron chi connectivity index (χ1n) is 5.51. The SMILES string of the molecule is COc1ccc(OC)c(-c2ncccc2OC)c1. The van der Waals surface area contributed by atoms with Crippen LogP contribution in [0.3, 0.4) is 0 Å². The summed E-state index contributed by atoms with van der Waals surface area (Å²) in [6.07, 6.45) is 1.72. The number of hydrogen-bond donors (Lipinski definition) is 0. The van der Waals surface area contributed by atoms with Crippen LogP contribution in [-0.2, 0) is 0 Å². The van der Waals surface area contributed by atoms with Crippen molar-refractivity contribution in [3.63, 3.8) is 0 Å². The average molecular weight is 245 g/mol. The van der Waals surface area contributed by atoms with Crippen LogP contribution in [-0.4, -0.2) is 26.3 Å². The molecular weight excluding hydrogens is 230 g/mol. The zero-order valence-corrected chi connectivity index (χ0v) is 10.6. The molecule has 4 nitrogen and oxygen atoms in total. The number of methoxy groups -OCH3 is 3. The van der Waals surface area contributed by atoms with Crippen molar-refractivity contribution in [3.8, 4) is 28.5 Å². The molecule has 1 aromatic carbocycles. The molecule has 0 bridgehead atoms. The Hall–Kier alpha value is -2.23. The van der Waals surface area contributed by atoms with E-state index in [2.05, 4.69) is 4.98 Å². The summed E-state index contributed by atoms with van der Waals surface area (Å²) in [5.41, 5.74) is 1.57. The van der Waals surface area contributed by atoms with Crippen molar-refractivity contribution in [1.29, 1.82) is 0 Å². The lowest BCUT2D eigenvalue weighted by molar-refractivity contribution is 0.401. The molecule has 2 aromatic rings. The van der Waals surface area contributed by atoms with Crippen LogP contribution in [0.2, 0.25) is 0 Å². The zero-order valence-electron chi connectivity index (χ0n) is 10.6. The van der Waals surface area contributed by atoms with E-state index in [1.165, 1.54) is 0 Å². The predicted molar refractivity (Wildman–Crippen MR) is 69.3 cm³/mol. The average Bonchev–Trinajstić information content (AvgIpc) is 2.46. The van der Waals surface area contributed by atoms with Crippen molar-refractivity contribution in [2.45, 2.75) is 0 Å². The summed E-state index contributed by atoms with van der Waals surface area (Å²) in [7, 11) is 4.87. The molecule has 0 spiro atoms. The minimum atomic E-state index is 0.698. The Bertz CT molecular complexity index is 540. The van der Waals surface area contributed by atoms with Gasteiger partial charge in [0.2, 0.25) is 0 Å². The second kappa shape index (κ2) is 5.40. The van der Waals surface area contributed by atoms with Crippen LogP contribution in [0.4, 0.5) is 0 Å². The summed E-state index contributed by atoms with van der Waals surface area (Å²) in [5.74, 6) is 2.18. The fourth-order valence-corrected chi connectivity index (χ4v) is 1.76. The van der Waals surface area contributed by atoms with E-state index in [4.69, 9.17) is 14.2 Å². The highest BCUT2D eigenvalue weighted by molar-refractivity contribution is 5.73. The number of pyridine rings is 1. The number of benzene rings is 1. The highest BCUT2D eigenvalue weighted by Gasteiger charge is 2.13. The van der Waals surface area contributed by atoms with Crippen LogP contribution in [0.5, 0.6) is 17.2 Å². The first kappa shape index (κ1) is 12.2. The highest BCUT2D eigenvalue weighted by Crippen LogP contribution is 2.36. The first-order valence-corrected chi connectivity index (χ1v) is 5.51. The fourth-order valence-electron chi connectivity index (χ4n) is 1.76. The van der Waals surface area contributed by atoms with E-state index >= 15 is 0 Å². The molecule has 1 heterocycles. The van der Waals surface area contributed by atoms with E-state index in [0.717, 1.165) is 22.8 Å². The number of ether oxygens (including phenoxy) is 3. The molecule has 4 heteroatoms. The third-order valence-corrected chi connectivity index (χ3v) is 2.65. The fraction of sp³-hybridized carbons (Fsp3) is 0.214. The van der Waals surface area contributed by atoms with E-state index in [0.29, 0.717) is 5.75 Å². The Morgan fingerprint density at radius 1 is 0.889 bits per heavy atom. The van der Waals surface area contributed by atoms with Gasteiger partial charge in [-0.05, 0) is 30.3 Å². The molecule has 18 heavy (non-hydrogen) atoms. The van der Waals surface area contributed by atoms with E-state index in [1.807, 2.05) is 30.3 Å². The lowest BCUT2D eigenvalue weighted by Gasteiger charge is -2.12. The van der Waals surface area contributed by atoms with Crippen molar-refractivity contribution < 1.29 is 14.2 Å². The van der Waals surface area contributed by atoms with Gasteiger partial charge in [0.05, 0.1) is 21.3 Å². The van der Waals surface area contributed by atoms with E-state index in [1.54, 1.807) is 27.5 Å². The quantitative estimate of drug-likeness (QED) is 0.830. The molecule has 0 saturated heterocycles. The van der Waals surface area contributed by atoms with E-state index < -0.39 is 0 Å². The Labute approximate surface area is 106 Å². The summed E-state index contributed by atoms with van der Waals surface area (Å²) < 4.78 is 15.9. The molecule has 1 aromatic heterocycles. The minimum Gasteiger partial charge on any atom is -0.497 e. The van der Waals surface area contributed by atoms with Gasteiger partial charge < -0.3 is 14.2 Å². The summed E-state index contributed by atoms with van der Waals surface area (Å²) >= 11 is 0. The van der Waals surface area contributed by atoms with Crippen molar-refractivity contribution in [2.75, 3.05) is 21.3 Å². The molecule has 0 atom stereocenters. The summed E-state index contributed by atoms with van der Waals surface area (Å²) in [6.45, 7) is 0. The smallest absolute Gasteiger partial charge is 0.145 e. The Kier molecular flexibility index (Phi) is 3.67. The van der Waals surface area contributed by atoms with Crippen molar-refractivity contribution in [2.24, 2.45) is 0 Å². The van der Waals surface area contributed by atoms with Crippen molar-refractivity contribution in [1.82, 2.24) is 4.98 Å². The van der Waals surface area contributed by atoms with Gasteiger partial charge >= 0.3 is 0 Å². The zero-order chi connectivity index (χ0) is 13.0. The summed E-state index contributed by atoms with van der Waals surface area (Å²) in [6, 6.07) is 9.26. The molecule has 2 rings (SSSR count). The second-order valence-corrected chi connectivity index (χ2v) is 3.62. The van der Waals surface area contributed by atoms with Gasteiger partial charge in [-0.1, -0.05) is 0 Å². The molecule has 0 amide bonds. The third-order valence-electron chi connectivity index (χ3n) is 2.65. The lowest BCUT2D eigenvalue weighted by Crippen LogP contribution is -1.95. The first-order chi connectivity index (χ1) is 8.80. The standard InChI is InChI=1S/C14H15NO3/c1-16-10-6-7-12(17-2)11(9-10)14-13(18-3)5-4-8-15-14/h4-9H,1-3H3. The molecule has 0 aliphatic heterocycles. The van der Waals surface area contributed by atoms with Gasteiger partial charge in [0, 0.05) is 11.8 Å². The van der Waals surface area contributed by atoms with Gasteiger partial charge in [-0.2, -0.15) is 0 Å². The maximum Gasteiger partial charge on any atom is 0.145 e. The van der Waals surface area contributed by atoms with Gasteiger partial charge in [0.15, 0.2) is 0 Å². The summed E-state index contributed by atoms with van der Waals surface area (Å²) in [5, 5.41) is 0. The van der Waals surface area contributed by atoms with Crippen LogP contribution in [0, 0.1) is 0 Å². The number of rotatable bonds is 4. The molecular formula is C14H15NO3. The molecule has 0 fully saturated rings. The monoisotopic (exact) mass is 245 g/mol. The highest BCUT2D eigenvalue weighted by atomic mass is 16.5. The van der Waals surface area contributed by atoms with Crippen molar-refractivity contribution in [3.05, 3.63) is 36.5 Å². The van der Waals surface area contributed by atoms with Gasteiger partial charge in [0.1, 0.15) is 22.9 Å². The number of aromatic nitrogens is 1. The lowest BCUT2D eigenvalue weighted by atomic mass is 10.1. The van der Waals surface area contributed by atoms with Crippen LogP contribution in [0.1, 0.15) is 0 Å². The third kappa shape index (κ3) is 2.22. The van der Waals surface area contributed by atoms with E-state index in [-0.39, 0.29) is 0 Å². The minimum absolute atomic E-state index is 0.698. The second-order valence-electron chi connectivity index (χ2n) is 3.62. The Morgan fingerprint density at radius 2 is 1.67 bits per heavy atom. The topological polar surface area (TPSA) is 40.6 Å². The predicted octanol–water partition coefficient (Wildman–Crippen LogP) is 2.77. The van der Waals surface area contributed by atoms with Crippen LogP contribution >= 0.6 is 0 Å². The molecule has 0 aliphatic carbocycles. The molecule has 0 aliphatic rings. The van der Waals surface area contributed by atoms with E-state index in [9.17, 15) is 0 Å². The van der Waals surface area contributed by atoms with Crippen LogP contribution in [0.15, 0.2) is 36.5 Å². The van der Waals surface area contributed by atoms with Gasteiger partial charge in [-0.3, -0.25) is 4.98 Å². The number of nitrogens with zero attached hydrogens (tertiary/aromatic N) is 1. The van der Waals surface area contributed by atoms with Crippen LogP contribution < -0.4 is 14.2 Å². The van der Waals surface area contributed by atoms with Gasteiger partial charge in [-0.25, -0.2) is 0 Å². The molecule has 0 radical (unpaired) electrons.